The van der Waals surface area contributed by atoms with Crippen molar-refractivity contribution in [2.45, 2.75) is 0 Å². The number of hydrogen-bond acceptors (Lipinski definition) is 5. The maximum Gasteiger partial charge on any atom is 0.178 e. The minimum atomic E-state index is 0.669. The molecule has 4 aromatic rings. The molecule has 0 saturated carbocycles. The van der Waals surface area contributed by atoms with Crippen LogP contribution in [0.15, 0.2) is 67.3 Å². The molecule has 0 radical (unpaired) electrons. The predicted molar refractivity (Wildman–Crippen MR) is 95.2 cm³/mol. The van der Waals surface area contributed by atoms with Crippen molar-refractivity contribution < 1.29 is 4.74 Å². The average Bonchev–Trinajstić information content (AvgIpc) is 3.32. The Morgan fingerprint density at radius 3 is 2.52 bits per heavy atom. The Morgan fingerprint density at radius 1 is 1.04 bits per heavy atom. The van der Waals surface area contributed by atoms with Crippen molar-refractivity contribution in [2.75, 3.05) is 12.4 Å². The van der Waals surface area contributed by atoms with Gasteiger partial charge in [-0.05, 0) is 36.4 Å². The maximum atomic E-state index is 5.23. The van der Waals surface area contributed by atoms with Gasteiger partial charge in [0, 0.05) is 11.3 Å². The zero-order chi connectivity index (χ0) is 17.1. The van der Waals surface area contributed by atoms with Crippen LogP contribution in [0.25, 0.3) is 16.9 Å². The minimum absolute atomic E-state index is 0.669. The van der Waals surface area contributed by atoms with Gasteiger partial charge in [0.25, 0.3) is 0 Å². The quantitative estimate of drug-likeness (QED) is 0.585. The molecule has 2 heterocycles. The van der Waals surface area contributed by atoms with Crippen LogP contribution in [0, 0.1) is 0 Å². The number of rotatable bonds is 5. The van der Waals surface area contributed by atoms with Crippen molar-refractivity contribution in [3.63, 3.8) is 0 Å². The minimum Gasteiger partial charge on any atom is -0.497 e. The summed E-state index contributed by atoms with van der Waals surface area (Å²) >= 11 is 0. The van der Waals surface area contributed by atoms with E-state index in [2.05, 4.69) is 25.6 Å². The van der Waals surface area contributed by atoms with Crippen LogP contribution in [0.3, 0.4) is 0 Å². The molecule has 0 aliphatic carbocycles. The average molecular weight is 332 g/mol. The second-order valence-corrected chi connectivity index (χ2v) is 5.36. The predicted octanol–water partition coefficient (Wildman–Crippen LogP) is 3.41. The second-order valence-electron chi connectivity index (χ2n) is 5.36. The number of anilines is 2. The number of benzene rings is 2. The van der Waals surface area contributed by atoms with Gasteiger partial charge in [-0.15, -0.1) is 0 Å². The highest BCUT2D eigenvalue weighted by molar-refractivity contribution is 5.79. The highest BCUT2D eigenvalue weighted by Crippen LogP contribution is 2.32. The summed E-state index contributed by atoms with van der Waals surface area (Å²) < 4.78 is 6.91. The van der Waals surface area contributed by atoms with Crippen LogP contribution in [0.2, 0.25) is 0 Å². The van der Waals surface area contributed by atoms with E-state index in [0.717, 1.165) is 28.4 Å². The molecule has 2 N–H and O–H groups in total. The molecular formula is C18H16N6O. The van der Waals surface area contributed by atoms with Crippen LogP contribution in [0.1, 0.15) is 0 Å². The van der Waals surface area contributed by atoms with Gasteiger partial charge >= 0.3 is 0 Å². The van der Waals surface area contributed by atoms with Crippen molar-refractivity contribution in [1.29, 1.82) is 0 Å². The van der Waals surface area contributed by atoms with Gasteiger partial charge in [0.15, 0.2) is 5.82 Å². The van der Waals surface area contributed by atoms with E-state index >= 15 is 0 Å². The lowest BCUT2D eigenvalue weighted by molar-refractivity contribution is 0.415. The molecule has 0 aliphatic heterocycles. The molecule has 7 heteroatoms. The molecule has 0 unspecified atom stereocenters. The van der Waals surface area contributed by atoms with Crippen molar-refractivity contribution >= 4 is 11.5 Å². The summed E-state index contributed by atoms with van der Waals surface area (Å²) in [6.07, 6.45) is 3.14. The molecule has 0 atom stereocenters. The molecular weight excluding hydrogens is 316 g/mol. The number of methoxy groups -OCH3 is 1. The van der Waals surface area contributed by atoms with Crippen LogP contribution in [0.5, 0.6) is 5.75 Å². The number of ether oxygens (including phenoxy) is 1. The molecule has 0 saturated heterocycles. The summed E-state index contributed by atoms with van der Waals surface area (Å²) in [5, 5.41) is 15.1. The first kappa shape index (κ1) is 14.9. The lowest BCUT2D eigenvalue weighted by Gasteiger charge is -2.08. The summed E-state index contributed by atoms with van der Waals surface area (Å²) in [5.41, 5.74) is 3.55. The van der Waals surface area contributed by atoms with Crippen molar-refractivity contribution in [1.82, 2.24) is 25.0 Å². The number of aromatic amines is 1. The van der Waals surface area contributed by atoms with E-state index in [-0.39, 0.29) is 0 Å². The largest absolute Gasteiger partial charge is 0.497 e. The normalized spacial score (nSPS) is 10.6. The van der Waals surface area contributed by atoms with Crippen molar-refractivity contribution in [3.05, 3.63) is 67.3 Å². The molecule has 7 nitrogen and oxygen atoms in total. The molecule has 0 amide bonds. The standard InChI is InChI=1S/C18H16N6O/c1-25-15-9-7-13(8-10-15)16-17(24-12-19-11-20-24)18(23-22-16)21-14-5-3-2-4-6-14/h2-12H,1H3,(H2,21,22,23). The Kier molecular flexibility index (Phi) is 3.88. The zero-order valence-corrected chi connectivity index (χ0v) is 13.5. The highest BCUT2D eigenvalue weighted by Gasteiger charge is 2.17. The van der Waals surface area contributed by atoms with Crippen molar-refractivity contribution in [2.24, 2.45) is 0 Å². The number of H-pyrrole nitrogens is 1. The van der Waals surface area contributed by atoms with Crippen molar-refractivity contribution in [3.8, 4) is 22.7 Å². The summed E-state index contributed by atoms with van der Waals surface area (Å²) in [6, 6.07) is 17.6. The smallest absolute Gasteiger partial charge is 0.178 e. The highest BCUT2D eigenvalue weighted by atomic mass is 16.5. The third kappa shape index (κ3) is 2.94. The number of nitrogens with one attached hydrogen (secondary N) is 2. The maximum absolute atomic E-state index is 5.23. The number of aromatic nitrogens is 5. The van der Waals surface area contributed by atoms with Gasteiger partial charge in [0.2, 0.25) is 0 Å². The van der Waals surface area contributed by atoms with Crippen LogP contribution in [-0.4, -0.2) is 32.1 Å². The van der Waals surface area contributed by atoms with E-state index in [1.807, 2.05) is 54.6 Å². The first-order valence-electron chi connectivity index (χ1n) is 7.75. The van der Waals surface area contributed by atoms with E-state index in [4.69, 9.17) is 4.74 Å². The monoisotopic (exact) mass is 332 g/mol. The van der Waals surface area contributed by atoms with E-state index in [1.54, 1.807) is 18.1 Å². The Labute approximate surface area is 144 Å². The zero-order valence-electron chi connectivity index (χ0n) is 13.5. The molecule has 25 heavy (non-hydrogen) atoms. The summed E-state index contributed by atoms with van der Waals surface area (Å²) in [6.45, 7) is 0. The molecule has 2 aromatic heterocycles. The van der Waals surface area contributed by atoms with Gasteiger partial charge in [0.05, 0.1) is 12.8 Å². The molecule has 0 spiro atoms. The van der Waals surface area contributed by atoms with E-state index in [1.165, 1.54) is 6.33 Å². The summed E-state index contributed by atoms with van der Waals surface area (Å²) in [7, 11) is 1.65. The fourth-order valence-corrected chi connectivity index (χ4v) is 2.59. The molecule has 124 valence electrons. The molecule has 2 aromatic carbocycles. The second kappa shape index (κ2) is 6.48. The molecule has 4 rings (SSSR count). The van der Waals surface area contributed by atoms with Gasteiger partial charge in [0.1, 0.15) is 24.1 Å². The Morgan fingerprint density at radius 2 is 1.84 bits per heavy atom. The third-order valence-corrected chi connectivity index (χ3v) is 3.80. The number of hydrogen-bond donors (Lipinski definition) is 2. The molecule has 0 bridgehead atoms. The van der Waals surface area contributed by atoms with Gasteiger partial charge in [-0.1, -0.05) is 18.2 Å². The van der Waals surface area contributed by atoms with Gasteiger partial charge in [-0.3, -0.25) is 5.10 Å². The molecule has 0 aliphatic rings. The SMILES string of the molecule is COc1ccc(-c2[nH]nc(Nc3ccccc3)c2-n2cncn2)cc1. The van der Waals surface area contributed by atoms with Gasteiger partial charge in [-0.25, -0.2) is 9.67 Å². The first-order chi connectivity index (χ1) is 12.3. The van der Waals surface area contributed by atoms with Crippen LogP contribution < -0.4 is 10.1 Å². The van der Waals surface area contributed by atoms with E-state index in [9.17, 15) is 0 Å². The Balaban J connectivity index is 1.79. The topological polar surface area (TPSA) is 80.6 Å². The summed E-state index contributed by atoms with van der Waals surface area (Å²) in [4.78, 5) is 4.05. The van der Waals surface area contributed by atoms with Gasteiger partial charge in [-0.2, -0.15) is 10.2 Å². The molecule has 0 fully saturated rings. The number of para-hydroxylation sites is 1. The Hall–Kier alpha value is -3.61. The van der Waals surface area contributed by atoms with Crippen LogP contribution >= 0.6 is 0 Å². The third-order valence-electron chi connectivity index (χ3n) is 3.80. The summed E-state index contributed by atoms with van der Waals surface area (Å²) in [5.74, 6) is 1.47. The first-order valence-corrected chi connectivity index (χ1v) is 7.75. The fourth-order valence-electron chi connectivity index (χ4n) is 2.59. The van der Waals surface area contributed by atoms with E-state index < -0.39 is 0 Å². The lowest BCUT2D eigenvalue weighted by Crippen LogP contribution is -2.00. The van der Waals surface area contributed by atoms with Crippen LogP contribution in [-0.2, 0) is 0 Å². The van der Waals surface area contributed by atoms with Crippen LogP contribution in [0.4, 0.5) is 11.5 Å². The number of nitrogens with zero attached hydrogens (tertiary/aromatic N) is 4. The fraction of sp³-hybridized carbons (Fsp3) is 0.0556. The van der Waals surface area contributed by atoms with E-state index in [0.29, 0.717) is 5.82 Å². The van der Waals surface area contributed by atoms with Gasteiger partial charge < -0.3 is 10.1 Å². The lowest BCUT2D eigenvalue weighted by atomic mass is 10.1. The Bertz CT molecular complexity index is 945.